The highest BCUT2D eigenvalue weighted by molar-refractivity contribution is 6.07. The van der Waals surface area contributed by atoms with Crippen LogP contribution in [0.25, 0.3) is 10.8 Å². The van der Waals surface area contributed by atoms with Crippen LogP contribution in [0.2, 0.25) is 0 Å². The summed E-state index contributed by atoms with van der Waals surface area (Å²) in [5.41, 5.74) is 14.8. The minimum Gasteiger partial charge on any atom is -0.338 e. The van der Waals surface area contributed by atoms with Crippen molar-refractivity contribution >= 4 is 16.7 Å². The van der Waals surface area contributed by atoms with Crippen LogP contribution in [-0.2, 0) is 13.0 Å². The van der Waals surface area contributed by atoms with E-state index in [1.54, 1.807) is 0 Å². The van der Waals surface area contributed by atoms with Gasteiger partial charge in [0.25, 0.3) is 5.91 Å². The fraction of sp³-hybridized carbons (Fsp3) is 0.379. The van der Waals surface area contributed by atoms with E-state index in [9.17, 15) is 4.79 Å². The number of amides is 1. The smallest absolute Gasteiger partial charge is 0.254 e. The molecule has 0 aliphatic carbocycles. The third kappa shape index (κ3) is 10.8. The average Bonchev–Trinajstić information content (AvgIpc) is 4.02. The summed E-state index contributed by atoms with van der Waals surface area (Å²) >= 11 is 0. The van der Waals surface area contributed by atoms with E-state index in [1.165, 1.54) is 94.4 Å². The van der Waals surface area contributed by atoms with Gasteiger partial charge in [0.1, 0.15) is 0 Å². The number of nitrogens with zero attached hydrogens (tertiary/aromatic N) is 4. The molecule has 1 amide bonds. The molecular formula is C66H74N4O. The predicted molar refractivity (Wildman–Crippen MR) is 294 cm³/mol. The molecule has 4 saturated heterocycles. The van der Waals surface area contributed by atoms with E-state index in [0.29, 0.717) is 35.5 Å². The Morgan fingerprint density at radius 2 is 1.04 bits per heavy atom. The number of aryl methyl sites for hydroxylation is 3. The lowest BCUT2D eigenvalue weighted by Crippen LogP contribution is -2.38. The Morgan fingerprint density at radius 3 is 1.68 bits per heavy atom. The van der Waals surface area contributed by atoms with Gasteiger partial charge in [-0.3, -0.25) is 9.69 Å². The minimum atomic E-state index is 0.166. The topological polar surface area (TPSA) is 30.0 Å². The number of hydrogen-bond acceptors (Lipinski definition) is 4. The predicted octanol–water partition coefficient (Wildman–Crippen LogP) is 13.2. The van der Waals surface area contributed by atoms with Gasteiger partial charge >= 0.3 is 0 Å². The quantitative estimate of drug-likeness (QED) is 0.115. The molecule has 4 atom stereocenters. The molecule has 0 radical (unpaired) electrons. The molecule has 4 heterocycles. The zero-order valence-corrected chi connectivity index (χ0v) is 42.6. The molecule has 0 bridgehead atoms. The van der Waals surface area contributed by atoms with Gasteiger partial charge in [-0.05, 0) is 175 Å². The molecule has 4 aliphatic rings. The number of likely N-dealkylation sites (tertiary alicyclic amines) is 4. The summed E-state index contributed by atoms with van der Waals surface area (Å²) in [6, 6.07) is 60.9. The van der Waals surface area contributed by atoms with Crippen molar-refractivity contribution in [2.75, 3.05) is 65.4 Å². The molecule has 0 N–H and O–H groups in total. The highest BCUT2D eigenvalue weighted by atomic mass is 16.2. The van der Waals surface area contributed by atoms with Crippen LogP contribution in [0.5, 0.6) is 0 Å². The number of piperidine rings is 2. The van der Waals surface area contributed by atoms with E-state index in [2.05, 4.69) is 204 Å². The second-order valence-corrected chi connectivity index (χ2v) is 22.2. The summed E-state index contributed by atoms with van der Waals surface area (Å²) in [7, 11) is 0. The van der Waals surface area contributed by atoms with Crippen molar-refractivity contribution in [3.63, 3.8) is 0 Å². The van der Waals surface area contributed by atoms with Crippen LogP contribution < -0.4 is 0 Å². The SMILES string of the molecule is Cc1ccc([C@H]2CN(C(=O)c3cccc4cc(Cc5cc([C@H]6CN(Cc7ccccc7)C[C@@H]6CN6CCC(c7ccccc7)CC6)ccc5C)ccc34)C[C@@H]2CN2CCC(c3ccccc3)CC2)cc1C. The molecule has 71 heavy (non-hydrogen) atoms. The lowest BCUT2D eigenvalue weighted by atomic mass is 9.85. The number of carbonyl (C=O) groups is 1. The van der Waals surface area contributed by atoms with Gasteiger partial charge in [0.2, 0.25) is 0 Å². The average molecular weight is 939 g/mol. The van der Waals surface area contributed by atoms with Crippen molar-refractivity contribution in [1.82, 2.24) is 19.6 Å². The van der Waals surface area contributed by atoms with E-state index < -0.39 is 0 Å². The second kappa shape index (κ2) is 21.5. The molecule has 0 unspecified atom stereocenters. The van der Waals surface area contributed by atoms with Crippen LogP contribution in [0.1, 0.15) is 115 Å². The van der Waals surface area contributed by atoms with E-state index in [-0.39, 0.29) is 5.91 Å². The van der Waals surface area contributed by atoms with Gasteiger partial charge in [-0.2, -0.15) is 0 Å². The van der Waals surface area contributed by atoms with Crippen molar-refractivity contribution in [2.24, 2.45) is 11.8 Å². The van der Waals surface area contributed by atoms with Crippen LogP contribution in [-0.4, -0.2) is 91.0 Å². The highest BCUT2D eigenvalue weighted by Gasteiger charge is 2.39. The highest BCUT2D eigenvalue weighted by Crippen LogP contribution is 2.40. The maximum absolute atomic E-state index is 14.8. The maximum Gasteiger partial charge on any atom is 0.254 e. The molecule has 0 spiro atoms. The van der Waals surface area contributed by atoms with Crippen LogP contribution in [0, 0.1) is 32.6 Å². The van der Waals surface area contributed by atoms with E-state index >= 15 is 0 Å². The second-order valence-electron chi connectivity index (χ2n) is 22.2. The molecule has 364 valence electrons. The number of carbonyl (C=O) groups excluding carboxylic acids is 1. The van der Waals surface area contributed by atoms with Crippen LogP contribution >= 0.6 is 0 Å². The van der Waals surface area contributed by atoms with Crippen LogP contribution in [0.3, 0.4) is 0 Å². The van der Waals surface area contributed by atoms with Gasteiger partial charge in [-0.1, -0.05) is 158 Å². The summed E-state index contributed by atoms with van der Waals surface area (Å²) in [5.74, 6) is 3.25. The van der Waals surface area contributed by atoms with Crippen molar-refractivity contribution in [1.29, 1.82) is 0 Å². The normalized spacial score (nSPS) is 21.9. The molecule has 4 aliphatic heterocycles. The Labute approximate surface area is 424 Å². The fourth-order valence-corrected chi connectivity index (χ4v) is 13.2. The van der Waals surface area contributed by atoms with Gasteiger partial charge < -0.3 is 14.7 Å². The molecule has 0 saturated carbocycles. The molecule has 7 aromatic rings. The van der Waals surface area contributed by atoms with Crippen molar-refractivity contribution in [2.45, 2.75) is 83.1 Å². The Balaban J connectivity index is 0.792. The van der Waals surface area contributed by atoms with Gasteiger partial charge in [0.15, 0.2) is 0 Å². The Kier molecular flexibility index (Phi) is 14.4. The van der Waals surface area contributed by atoms with E-state index in [4.69, 9.17) is 0 Å². The minimum absolute atomic E-state index is 0.166. The first kappa shape index (κ1) is 47.5. The van der Waals surface area contributed by atoms with Gasteiger partial charge in [0, 0.05) is 63.2 Å². The van der Waals surface area contributed by atoms with Crippen LogP contribution in [0.15, 0.2) is 164 Å². The molecule has 4 fully saturated rings. The lowest BCUT2D eigenvalue weighted by molar-refractivity contribution is 0.0783. The zero-order valence-electron chi connectivity index (χ0n) is 42.6. The third-order valence-electron chi connectivity index (χ3n) is 17.5. The number of benzene rings is 7. The standard InChI is InChI=1S/C66H74N4O/c1-47-22-25-57(36-49(47)3)65-46-70(44-61(65)42-68-34-30-55(31-35-68)53-18-11-6-12-19-53)66(71)63-21-13-20-56-37-51(24-27-62(56)63)38-59-39-58(26-23-48(59)2)64-45-69(40-50-14-7-4-8-15-50)43-60(64)41-67-32-28-54(29-33-67)52-16-9-5-10-17-52/h4-27,36-37,39,54-55,60-61,64-65H,28-35,38,40-46H2,1-3H3/t60-,61-,64+,65+/m0/s1. The van der Waals surface area contributed by atoms with Gasteiger partial charge in [0.05, 0.1) is 0 Å². The molecule has 5 heteroatoms. The van der Waals surface area contributed by atoms with Gasteiger partial charge in [-0.15, -0.1) is 0 Å². The summed E-state index contributed by atoms with van der Waals surface area (Å²) in [6.07, 6.45) is 5.75. The van der Waals surface area contributed by atoms with Gasteiger partial charge in [-0.25, -0.2) is 0 Å². The third-order valence-corrected chi connectivity index (χ3v) is 17.5. The van der Waals surface area contributed by atoms with Crippen molar-refractivity contribution in [3.8, 4) is 0 Å². The monoisotopic (exact) mass is 939 g/mol. The molecule has 11 rings (SSSR count). The zero-order chi connectivity index (χ0) is 48.3. The molecule has 0 aromatic heterocycles. The Bertz CT molecular complexity index is 2900. The summed E-state index contributed by atoms with van der Waals surface area (Å²) < 4.78 is 0. The van der Waals surface area contributed by atoms with Crippen LogP contribution in [0.4, 0.5) is 0 Å². The van der Waals surface area contributed by atoms with E-state index in [0.717, 1.165) is 81.7 Å². The summed E-state index contributed by atoms with van der Waals surface area (Å²) in [6.45, 7) is 18.3. The summed E-state index contributed by atoms with van der Waals surface area (Å²) in [4.78, 5) is 25.2. The maximum atomic E-state index is 14.8. The Hall–Kier alpha value is -5.85. The number of fused-ring (bicyclic) bond motifs is 1. The lowest BCUT2D eigenvalue weighted by Gasteiger charge is -2.35. The number of rotatable bonds is 13. The molecular weight excluding hydrogens is 865 g/mol. The first-order chi connectivity index (χ1) is 34.8. The fourth-order valence-electron chi connectivity index (χ4n) is 13.2. The largest absolute Gasteiger partial charge is 0.338 e. The first-order valence-electron chi connectivity index (χ1n) is 27.1. The summed E-state index contributed by atoms with van der Waals surface area (Å²) in [5, 5.41) is 2.20. The molecule has 7 aromatic carbocycles. The first-order valence-corrected chi connectivity index (χ1v) is 27.1. The Morgan fingerprint density at radius 1 is 0.465 bits per heavy atom. The van der Waals surface area contributed by atoms with Crippen molar-refractivity contribution < 1.29 is 4.79 Å². The number of hydrogen-bond donors (Lipinski definition) is 0. The molecule has 5 nitrogen and oxygen atoms in total. The van der Waals surface area contributed by atoms with Crippen molar-refractivity contribution in [3.05, 3.63) is 225 Å². The van der Waals surface area contributed by atoms with E-state index in [1.807, 2.05) is 0 Å².